The molecule has 0 aliphatic rings. The lowest BCUT2D eigenvalue weighted by atomic mass is 10.2. The van der Waals surface area contributed by atoms with Crippen LogP contribution in [0.4, 0.5) is 0 Å². The summed E-state index contributed by atoms with van der Waals surface area (Å²) in [5.41, 5.74) is 1.40. The first-order valence-electron chi connectivity index (χ1n) is 8.18. The summed E-state index contributed by atoms with van der Waals surface area (Å²) in [6, 6.07) is 4.79. The highest BCUT2D eigenvalue weighted by Crippen LogP contribution is 2.25. The number of furan rings is 1. The maximum atomic E-state index is 12.4. The summed E-state index contributed by atoms with van der Waals surface area (Å²) < 4.78 is 44.9. The molecule has 134 valence electrons. The smallest absolute Gasteiger partial charge is 0.240 e. The second-order valence-electron chi connectivity index (χ2n) is 6.31. The van der Waals surface area contributed by atoms with E-state index in [1.807, 2.05) is 13.8 Å². The summed E-state index contributed by atoms with van der Waals surface area (Å²) in [5, 5.41) is 0.715. The molecule has 1 N–H and O–H groups in total. The molecule has 5 nitrogen and oxygen atoms in total. The largest absolute Gasteiger partial charge is 0.464 e. The average molecular weight is 372 g/mol. The molecule has 0 saturated carbocycles. The fraction of sp³-hybridized carbons (Fsp3) is 0.529. The van der Waals surface area contributed by atoms with Crippen molar-refractivity contribution in [2.24, 2.45) is 5.92 Å². The van der Waals surface area contributed by atoms with E-state index in [4.69, 9.17) is 4.42 Å². The Labute approximate surface area is 146 Å². The second-order valence-corrected chi connectivity index (χ2v) is 9.65. The molecule has 0 aliphatic carbocycles. The third-order valence-electron chi connectivity index (χ3n) is 3.66. The second kappa shape index (κ2) is 8.27. The fourth-order valence-corrected chi connectivity index (χ4v) is 4.82. The Morgan fingerprint density at radius 2 is 2.04 bits per heavy atom. The number of fused-ring (bicyclic) bond motifs is 1. The summed E-state index contributed by atoms with van der Waals surface area (Å²) in [5.74, 6) is 1.27. The van der Waals surface area contributed by atoms with E-state index in [2.05, 4.69) is 11.6 Å². The number of benzene rings is 1. The van der Waals surface area contributed by atoms with Crippen LogP contribution in [-0.4, -0.2) is 24.9 Å². The molecule has 2 aromatic rings. The van der Waals surface area contributed by atoms with Gasteiger partial charge in [0.1, 0.15) is 5.58 Å². The van der Waals surface area contributed by atoms with Crippen LogP contribution in [0.25, 0.3) is 11.0 Å². The molecule has 7 heteroatoms. The van der Waals surface area contributed by atoms with E-state index in [-0.39, 0.29) is 10.8 Å². The Morgan fingerprint density at radius 3 is 2.71 bits per heavy atom. The van der Waals surface area contributed by atoms with Gasteiger partial charge < -0.3 is 4.42 Å². The molecule has 24 heavy (non-hydrogen) atoms. The molecule has 1 aromatic heterocycles. The zero-order valence-corrected chi connectivity index (χ0v) is 16.0. The summed E-state index contributed by atoms with van der Waals surface area (Å²) in [6.07, 6.45) is 3.50. The zero-order chi connectivity index (χ0) is 17.7. The predicted octanol–water partition coefficient (Wildman–Crippen LogP) is 3.42. The van der Waals surface area contributed by atoms with Crippen LogP contribution >= 0.6 is 0 Å². The zero-order valence-electron chi connectivity index (χ0n) is 14.4. The van der Waals surface area contributed by atoms with E-state index in [0.29, 0.717) is 29.0 Å². The van der Waals surface area contributed by atoms with Crippen LogP contribution in [-0.2, 0) is 26.6 Å². The summed E-state index contributed by atoms with van der Waals surface area (Å²) in [7, 11) is -4.52. The van der Waals surface area contributed by atoms with Crippen molar-refractivity contribution in [2.45, 2.75) is 44.3 Å². The van der Waals surface area contributed by atoms with Gasteiger partial charge in [-0.15, -0.1) is 0 Å². The first-order valence-corrected chi connectivity index (χ1v) is 11.2. The van der Waals surface area contributed by atoms with Crippen molar-refractivity contribution in [1.29, 1.82) is 0 Å². The standard InChI is InChI=1S/C17H25NO4S2/c1-4-5-8-23(19)12-14-11-22-17-7-6-15(9-16(14)17)24(20,21)18-10-13(2)3/h6-7,9,11,13,18H,4-5,8,10,12H2,1-3H3. The number of unbranched alkanes of at least 4 members (excludes halogenated alkanes) is 1. The van der Waals surface area contributed by atoms with Crippen LogP contribution in [0, 0.1) is 5.92 Å². The van der Waals surface area contributed by atoms with Crippen LogP contribution in [0.1, 0.15) is 39.2 Å². The molecule has 0 spiro atoms. The van der Waals surface area contributed by atoms with Gasteiger partial charge in [-0.2, -0.15) is 0 Å². The first-order chi connectivity index (χ1) is 11.3. The van der Waals surface area contributed by atoms with Crippen molar-refractivity contribution >= 4 is 31.8 Å². The van der Waals surface area contributed by atoms with Crippen molar-refractivity contribution in [3.8, 4) is 0 Å². The minimum Gasteiger partial charge on any atom is -0.464 e. The maximum Gasteiger partial charge on any atom is 0.240 e. The molecule has 1 heterocycles. The van der Waals surface area contributed by atoms with Gasteiger partial charge in [0.25, 0.3) is 0 Å². The van der Waals surface area contributed by atoms with Gasteiger partial charge in [0.05, 0.1) is 16.9 Å². The topological polar surface area (TPSA) is 76.4 Å². The van der Waals surface area contributed by atoms with Gasteiger partial charge in [-0.1, -0.05) is 27.2 Å². The SMILES string of the molecule is CCCCS(=O)Cc1coc2ccc(S(=O)(=O)NCC(C)C)cc12. The molecule has 1 atom stereocenters. The molecular formula is C17H25NO4S2. The van der Waals surface area contributed by atoms with Gasteiger partial charge in [-0.25, -0.2) is 13.1 Å². The fourth-order valence-electron chi connectivity index (χ4n) is 2.25. The van der Waals surface area contributed by atoms with Crippen molar-refractivity contribution in [3.05, 3.63) is 30.0 Å². The lowest BCUT2D eigenvalue weighted by Gasteiger charge is -2.09. The van der Waals surface area contributed by atoms with Gasteiger partial charge in [0, 0.05) is 34.0 Å². The van der Waals surface area contributed by atoms with E-state index in [1.165, 1.54) is 6.07 Å². The van der Waals surface area contributed by atoms with Crippen molar-refractivity contribution in [2.75, 3.05) is 12.3 Å². The van der Waals surface area contributed by atoms with Gasteiger partial charge >= 0.3 is 0 Å². The molecule has 0 amide bonds. The van der Waals surface area contributed by atoms with E-state index in [1.54, 1.807) is 18.4 Å². The lowest BCUT2D eigenvalue weighted by molar-refractivity contribution is 0.560. The molecule has 0 bridgehead atoms. The predicted molar refractivity (Wildman–Crippen MR) is 97.9 cm³/mol. The average Bonchev–Trinajstić information content (AvgIpc) is 2.93. The first kappa shape index (κ1) is 19.1. The van der Waals surface area contributed by atoms with Crippen LogP contribution < -0.4 is 4.72 Å². The van der Waals surface area contributed by atoms with Gasteiger partial charge in [-0.3, -0.25) is 4.21 Å². The monoisotopic (exact) mass is 371 g/mol. The van der Waals surface area contributed by atoms with Crippen LogP contribution in [0.15, 0.2) is 33.8 Å². The molecule has 0 aliphatic heterocycles. The Bertz CT molecular complexity index is 809. The minimum atomic E-state index is -3.55. The Balaban J connectivity index is 2.26. The van der Waals surface area contributed by atoms with Gasteiger partial charge in [0.15, 0.2) is 0 Å². The molecule has 0 radical (unpaired) electrons. The molecule has 0 saturated heterocycles. The van der Waals surface area contributed by atoms with Crippen molar-refractivity contribution in [1.82, 2.24) is 4.72 Å². The third kappa shape index (κ3) is 4.91. The Kier molecular flexibility index (Phi) is 6.60. The summed E-state index contributed by atoms with van der Waals surface area (Å²) in [4.78, 5) is 0.206. The molecule has 0 fully saturated rings. The Hall–Kier alpha value is -1.18. The number of nitrogens with one attached hydrogen (secondary N) is 1. The van der Waals surface area contributed by atoms with Crippen LogP contribution in [0.5, 0.6) is 0 Å². The van der Waals surface area contributed by atoms with Crippen molar-refractivity contribution in [3.63, 3.8) is 0 Å². The van der Waals surface area contributed by atoms with E-state index < -0.39 is 20.8 Å². The van der Waals surface area contributed by atoms with Gasteiger partial charge in [0.2, 0.25) is 10.0 Å². The highest BCUT2D eigenvalue weighted by molar-refractivity contribution is 7.89. The number of hydrogen-bond donors (Lipinski definition) is 1. The summed E-state index contributed by atoms with van der Waals surface area (Å²) >= 11 is 0. The van der Waals surface area contributed by atoms with Gasteiger partial charge in [-0.05, 0) is 30.5 Å². The lowest BCUT2D eigenvalue weighted by Crippen LogP contribution is -2.27. The highest BCUT2D eigenvalue weighted by atomic mass is 32.2. The molecule has 2 rings (SSSR count). The van der Waals surface area contributed by atoms with E-state index in [9.17, 15) is 12.6 Å². The molecule has 1 aromatic carbocycles. The van der Waals surface area contributed by atoms with Crippen LogP contribution in [0.2, 0.25) is 0 Å². The highest BCUT2D eigenvalue weighted by Gasteiger charge is 2.17. The normalized spacial score (nSPS) is 13.7. The maximum absolute atomic E-state index is 12.4. The molecule has 1 unspecified atom stereocenters. The van der Waals surface area contributed by atoms with Crippen molar-refractivity contribution < 1.29 is 17.0 Å². The third-order valence-corrected chi connectivity index (χ3v) is 6.46. The number of hydrogen-bond acceptors (Lipinski definition) is 4. The quantitative estimate of drug-likeness (QED) is 0.733. The molecular weight excluding hydrogens is 346 g/mol. The number of sulfonamides is 1. The Morgan fingerprint density at radius 1 is 1.29 bits per heavy atom. The minimum absolute atomic E-state index is 0.206. The van der Waals surface area contributed by atoms with E-state index >= 15 is 0 Å². The number of rotatable bonds is 9. The summed E-state index contributed by atoms with van der Waals surface area (Å²) in [6.45, 7) is 6.35. The van der Waals surface area contributed by atoms with E-state index in [0.717, 1.165) is 18.4 Å². The van der Waals surface area contributed by atoms with Crippen LogP contribution in [0.3, 0.4) is 0 Å².